The molecule has 0 N–H and O–H groups in total. The second kappa shape index (κ2) is 7.69. The zero-order valence-electron chi connectivity index (χ0n) is 13.4. The number of aromatic nitrogens is 1. The molecule has 132 valence electrons. The fourth-order valence-electron chi connectivity index (χ4n) is 2.27. The highest BCUT2D eigenvalue weighted by Crippen LogP contribution is 2.29. The number of pyridine rings is 1. The number of halogens is 3. The van der Waals surface area contributed by atoms with Gasteiger partial charge in [0.25, 0.3) is 6.43 Å². The molecular weight excluding hydrogens is 345 g/mol. The van der Waals surface area contributed by atoms with E-state index in [1.807, 2.05) is 0 Å². The maximum atomic E-state index is 13.6. The van der Waals surface area contributed by atoms with E-state index in [0.717, 1.165) is 17.0 Å². The van der Waals surface area contributed by atoms with Crippen molar-refractivity contribution in [2.45, 2.75) is 6.43 Å². The third-order valence-corrected chi connectivity index (χ3v) is 3.44. The van der Waals surface area contributed by atoms with E-state index < -0.39 is 24.0 Å². The molecule has 0 saturated carbocycles. The van der Waals surface area contributed by atoms with Crippen molar-refractivity contribution in [2.75, 3.05) is 4.90 Å². The number of hydrogen-bond acceptors (Lipinski definition) is 3. The summed E-state index contributed by atoms with van der Waals surface area (Å²) in [6, 6.07) is 18.5. The Kier molecular flexibility index (Phi) is 5.17. The van der Waals surface area contributed by atoms with E-state index in [0.29, 0.717) is 5.69 Å². The first-order valence-electron chi connectivity index (χ1n) is 7.63. The average Bonchev–Trinajstić information content (AvgIpc) is 2.65. The van der Waals surface area contributed by atoms with Crippen LogP contribution in [0.4, 0.5) is 29.5 Å². The number of carbonyl (C=O) groups excluding carboxylic acids is 1. The molecule has 0 atom stereocenters. The molecule has 0 aliphatic heterocycles. The fourth-order valence-corrected chi connectivity index (χ4v) is 2.27. The zero-order valence-corrected chi connectivity index (χ0v) is 13.4. The topological polar surface area (TPSA) is 42.4 Å². The van der Waals surface area contributed by atoms with E-state index in [9.17, 15) is 18.0 Å². The number of para-hydroxylation sites is 2. The Morgan fingerprint density at radius 1 is 0.923 bits per heavy atom. The summed E-state index contributed by atoms with van der Waals surface area (Å²) in [6.07, 6.45) is -3.97. The Morgan fingerprint density at radius 2 is 1.54 bits per heavy atom. The van der Waals surface area contributed by atoms with Gasteiger partial charge >= 0.3 is 6.09 Å². The lowest BCUT2D eigenvalue weighted by atomic mass is 10.2. The second-order valence-corrected chi connectivity index (χ2v) is 5.19. The zero-order chi connectivity index (χ0) is 18.5. The van der Waals surface area contributed by atoms with Crippen LogP contribution >= 0.6 is 0 Å². The summed E-state index contributed by atoms with van der Waals surface area (Å²) in [5, 5.41) is 0. The van der Waals surface area contributed by atoms with Crippen molar-refractivity contribution in [1.82, 2.24) is 4.98 Å². The van der Waals surface area contributed by atoms with Gasteiger partial charge in [-0.15, -0.1) is 0 Å². The summed E-state index contributed by atoms with van der Waals surface area (Å²) in [5.41, 5.74) is -0.691. The maximum Gasteiger partial charge on any atom is 0.425 e. The van der Waals surface area contributed by atoms with Crippen LogP contribution in [-0.4, -0.2) is 11.1 Å². The minimum Gasteiger partial charge on any atom is -0.410 e. The van der Waals surface area contributed by atoms with Crippen molar-refractivity contribution in [3.8, 4) is 5.75 Å². The molecule has 0 saturated heterocycles. The number of hydrogen-bond donors (Lipinski definition) is 0. The summed E-state index contributed by atoms with van der Waals surface area (Å²) >= 11 is 0. The summed E-state index contributed by atoms with van der Waals surface area (Å²) in [7, 11) is 0. The molecule has 1 aromatic heterocycles. The molecule has 3 aromatic rings. The quantitative estimate of drug-likeness (QED) is 0.619. The standard InChI is InChI=1S/C19H13F3N2O2/c20-15-11-12-16(23-17(15)18(21)22)24(13-7-3-1-4-8-13)19(25)26-14-9-5-2-6-10-14/h1-12,18H. The van der Waals surface area contributed by atoms with Gasteiger partial charge in [0.15, 0.2) is 5.82 Å². The Bertz CT molecular complexity index is 890. The maximum absolute atomic E-state index is 13.6. The lowest BCUT2D eigenvalue weighted by molar-refractivity contribution is 0.140. The van der Waals surface area contributed by atoms with Crippen LogP contribution in [0.2, 0.25) is 0 Å². The predicted octanol–water partition coefficient (Wildman–Crippen LogP) is 5.50. The molecule has 0 aliphatic rings. The first-order chi connectivity index (χ1) is 12.6. The molecule has 1 heterocycles. The van der Waals surface area contributed by atoms with E-state index in [-0.39, 0.29) is 11.6 Å². The van der Waals surface area contributed by atoms with Gasteiger partial charge < -0.3 is 4.74 Å². The smallest absolute Gasteiger partial charge is 0.410 e. The van der Waals surface area contributed by atoms with Gasteiger partial charge in [0.05, 0.1) is 5.69 Å². The predicted molar refractivity (Wildman–Crippen MR) is 90.2 cm³/mol. The molecule has 0 spiro atoms. The molecule has 4 nitrogen and oxygen atoms in total. The Morgan fingerprint density at radius 3 is 2.15 bits per heavy atom. The summed E-state index contributed by atoms with van der Waals surface area (Å²) in [5.74, 6) is -1.04. The SMILES string of the molecule is O=C(Oc1ccccc1)N(c1ccccc1)c1ccc(F)c(C(F)F)n1. The Balaban J connectivity index is 2.02. The van der Waals surface area contributed by atoms with Crippen molar-refractivity contribution in [3.63, 3.8) is 0 Å². The molecule has 1 amide bonds. The van der Waals surface area contributed by atoms with Crippen LogP contribution in [0, 0.1) is 5.82 Å². The van der Waals surface area contributed by atoms with E-state index in [1.54, 1.807) is 60.7 Å². The lowest BCUT2D eigenvalue weighted by Gasteiger charge is -2.21. The van der Waals surface area contributed by atoms with Gasteiger partial charge in [-0.3, -0.25) is 0 Å². The van der Waals surface area contributed by atoms with Crippen molar-refractivity contribution in [2.24, 2.45) is 0 Å². The van der Waals surface area contributed by atoms with Gasteiger partial charge in [0, 0.05) is 0 Å². The summed E-state index contributed by atoms with van der Waals surface area (Å²) < 4.78 is 44.8. The number of ether oxygens (including phenoxy) is 1. The van der Waals surface area contributed by atoms with Crippen LogP contribution in [-0.2, 0) is 0 Å². The number of nitrogens with zero attached hydrogens (tertiary/aromatic N) is 2. The van der Waals surface area contributed by atoms with Crippen LogP contribution in [0.15, 0.2) is 72.8 Å². The van der Waals surface area contributed by atoms with E-state index in [4.69, 9.17) is 4.74 Å². The number of anilines is 2. The third-order valence-electron chi connectivity index (χ3n) is 3.44. The third kappa shape index (κ3) is 3.83. The summed E-state index contributed by atoms with van der Waals surface area (Å²) in [4.78, 5) is 17.3. The highest BCUT2D eigenvalue weighted by molar-refractivity contribution is 5.96. The van der Waals surface area contributed by atoms with Gasteiger partial charge in [-0.1, -0.05) is 36.4 Å². The fraction of sp³-hybridized carbons (Fsp3) is 0.0526. The number of alkyl halides is 2. The normalized spacial score (nSPS) is 10.6. The monoisotopic (exact) mass is 358 g/mol. The van der Waals surface area contributed by atoms with Gasteiger partial charge in [-0.25, -0.2) is 27.8 Å². The van der Waals surface area contributed by atoms with Crippen molar-refractivity contribution in [3.05, 3.63) is 84.3 Å². The van der Waals surface area contributed by atoms with Gasteiger partial charge in [0.1, 0.15) is 17.3 Å². The number of rotatable bonds is 4. The molecule has 0 fully saturated rings. The second-order valence-electron chi connectivity index (χ2n) is 5.19. The summed E-state index contributed by atoms with van der Waals surface area (Å²) in [6.45, 7) is 0. The van der Waals surface area contributed by atoms with Crippen LogP contribution in [0.3, 0.4) is 0 Å². The molecule has 0 aliphatic carbocycles. The van der Waals surface area contributed by atoms with Crippen molar-refractivity contribution < 1.29 is 22.7 Å². The molecule has 7 heteroatoms. The molecular formula is C19H13F3N2O2. The molecule has 0 bridgehead atoms. The molecule has 0 unspecified atom stereocenters. The molecule has 2 aromatic carbocycles. The van der Waals surface area contributed by atoms with Gasteiger partial charge in [0.2, 0.25) is 0 Å². The molecule has 26 heavy (non-hydrogen) atoms. The number of carbonyl (C=O) groups is 1. The van der Waals surface area contributed by atoms with Crippen LogP contribution in [0.1, 0.15) is 12.1 Å². The molecule has 3 rings (SSSR count). The van der Waals surface area contributed by atoms with Gasteiger partial charge in [-0.2, -0.15) is 0 Å². The molecule has 0 radical (unpaired) electrons. The first-order valence-corrected chi connectivity index (χ1v) is 7.63. The number of benzene rings is 2. The van der Waals surface area contributed by atoms with Crippen molar-refractivity contribution >= 4 is 17.6 Å². The van der Waals surface area contributed by atoms with Crippen LogP contribution in [0.25, 0.3) is 0 Å². The first kappa shape index (κ1) is 17.5. The van der Waals surface area contributed by atoms with Gasteiger partial charge in [-0.05, 0) is 36.4 Å². The average molecular weight is 358 g/mol. The van der Waals surface area contributed by atoms with E-state index in [1.165, 1.54) is 0 Å². The minimum atomic E-state index is -3.11. The van der Waals surface area contributed by atoms with Crippen LogP contribution < -0.4 is 9.64 Å². The van der Waals surface area contributed by atoms with E-state index >= 15 is 0 Å². The van der Waals surface area contributed by atoms with Crippen molar-refractivity contribution in [1.29, 1.82) is 0 Å². The number of amides is 1. The Hall–Kier alpha value is -3.35. The van der Waals surface area contributed by atoms with Crippen LogP contribution in [0.5, 0.6) is 5.75 Å². The highest BCUT2D eigenvalue weighted by Gasteiger charge is 2.24. The van der Waals surface area contributed by atoms with E-state index in [2.05, 4.69) is 4.98 Å². The Labute approximate surface area is 147 Å². The highest BCUT2D eigenvalue weighted by atomic mass is 19.3. The lowest BCUT2D eigenvalue weighted by Crippen LogP contribution is -2.30. The largest absolute Gasteiger partial charge is 0.425 e. The minimum absolute atomic E-state index is 0.172.